The summed E-state index contributed by atoms with van der Waals surface area (Å²) in [4.78, 5) is 26.5. The number of nitrogens with one attached hydrogen (secondary N) is 1. The summed E-state index contributed by atoms with van der Waals surface area (Å²) in [6, 6.07) is 13.6. The van der Waals surface area contributed by atoms with Gasteiger partial charge in [-0.25, -0.2) is 0 Å². The quantitative estimate of drug-likeness (QED) is 0.672. The van der Waals surface area contributed by atoms with Gasteiger partial charge in [-0.15, -0.1) is 11.8 Å². The molecule has 0 radical (unpaired) electrons. The molecule has 0 unspecified atom stereocenters. The zero-order valence-corrected chi connectivity index (χ0v) is 16.1. The fourth-order valence-corrected chi connectivity index (χ4v) is 5.14. The number of hydrogen-bond donors (Lipinski definition) is 1. The third-order valence-corrected chi connectivity index (χ3v) is 6.61. The molecule has 1 saturated heterocycles. The molecule has 24 heavy (non-hydrogen) atoms. The third kappa shape index (κ3) is 2.12. The fraction of sp³-hybridized carbons (Fsp3) is 0.222. The van der Waals surface area contributed by atoms with Crippen LogP contribution in [0.2, 0.25) is 0 Å². The second-order valence-electron chi connectivity index (χ2n) is 6.06. The summed E-state index contributed by atoms with van der Waals surface area (Å²) >= 11 is 3.64. The van der Waals surface area contributed by atoms with E-state index in [0.29, 0.717) is 0 Å². The molecule has 2 aliphatic heterocycles. The molecule has 2 heterocycles. The zero-order chi connectivity index (χ0) is 17.1. The highest BCUT2D eigenvalue weighted by Gasteiger charge is 2.60. The Morgan fingerprint density at radius 2 is 1.88 bits per heavy atom. The Bertz CT molecular complexity index is 868. The van der Waals surface area contributed by atoms with E-state index in [-0.39, 0.29) is 17.1 Å². The van der Waals surface area contributed by atoms with Crippen LogP contribution in [0.4, 0.5) is 11.4 Å². The molecule has 122 valence electrons. The van der Waals surface area contributed by atoms with Crippen LogP contribution in [0.5, 0.6) is 0 Å². The van der Waals surface area contributed by atoms with Crippen LogP contribution >= 0.6 is 34.4 Å². The van der Waals surface area contributed by atoms with Crippen LogP contribution in [0.25, 0.3) is 0 Å². The van der Waals surface area contributed by atoms with Crippen molar-refractivity contribution in [3.05, 3.63) is 57.2 Å². The van der Waals surface area contributed by atoms with Crippen molar-refractivity contribution in [3.63, 3.8) is 0 Å². The average Bonchev–Trinajstić information content (AvgIpc) is 2.97. The van der Waals surface area contributed by atoms with E-state index >= 15 is 0 Å². The van der Waals surface area contributed by atoms with Gasteiger partial charge in [0.15, 0.2) is 0 Å². The molecule has 1 N–H and O–H groups in total. The average molecular weight is 450 g/mol. The lowest BCUT2D eigenvalue weighted by molar-refractivity contribution is -0.122. The van der Waals surface area contributed by atoms with Gasteiger partial charge < -0.3 is 5.32 Å². The van der Waals surface area contributed by atoms with Crippen molar-refractivity contribution in [1.29, 1.82) is 0 Å². The van der Waals surface area contributed by atoms with Crippen LogP contribution in [-0.2, 0) is 14.5 Å². The summed E-state index contributed by atoms with van der Waals surface area (Å²) in [7, 11) is 0. The maximum atomic E-state index is 13.0. The van der Waals surface area contributed by atoms with Gasteiger partial charge >= 0.3 is 0 Å². The number of benzene rings is 2. The molecule has 4 nitrogen and oxygen atoms in total. The molecule has 1 fully saturated rings. The molecule has 2 aliphatic rings. The summed E-state index contributed by atoms with van der Waals surface area (Å²) in [5, 5.41) is 2.68. The number of anilines is 2. The minimum Gasteiger partial charge on any atom is -0.323 e. The summed E-state index contributed by atoms with van der Waals surface area (Å²) in [6.07, 6.45) is 0. The van der Waals surface area contributed by atoms with Crippen LogP contribution < -0.4 is 10.2 Å². The van der Waals surface area contributed by atoms with E-state index in [4.69, 9.17) is 0 Å². The molecule has 0 aromatic heterocycles. The van der Waals surface area contributed by atoms with Gasteiger partial charge in [0.1, 0.15) is 0 Å². The van der Waals surface area contributed by atoms with E-state index in [1.54, 1.807) is 4.90 Å². The van der Waals surface area contributed by atoms with Gasteiger partial charge in [0.25, 0.3) is 5.91 Å². The first-order chi connectivity index (χ1) is 11.4. The summed E-state index contributed by atoms with van der Waals surface area (Å²) < 4.78 is 1.09. The summed E-state index contributed by atoms with van der Waals surface area (Å²) in [5.41, 5.74) is 3.48. The highest BCUT2D eigenvalue weighted by atomic mass is 127. The molecule has 6 heteroatoms. The molecule has 1 spiro atoms. The van der Waals surface area contributed by atoms with Crippen LogP contribution in [0.3, 0.4) is 0 Å². The van der Waals surface area contributed by atoms with Crippen molar-refractivity contribution < 1.29 is 9.59 Å². The molecular weight excluding hydrogens is 435 g/mol. The highest BCUT2D eigenvalue weighted by Crippen LogP contribution is 2.56. The first-order valence-corrected chi connectivity index (χ1v) is 9.59. The molecule has 2 atom stereocenters. The lowest BCUT2D eigenvalue weighted by Gasteiger charge is -2.32. The highest BCUT2D eigenvalue weighted by molar-refractivity contribution is 14.1. The number of carbonyl (C=O) groups excluding carboxylic acids is 2. The van der Waals surface area contributed by atoms with E-state index in [9.17, 15) is 9.59 Å². The number of halogens is 1. The lowest BCUT2D eigenvalue weighted by atomic mass is 10.0. The maximum Gasteiger partial charge on any atom is 0.266 e. The van der Waals surface area contributed by atoms with Gasteiger partial charge in [-0.2, -0.15) is 0 Å². The molecule has 2 aromatic rings. The van der Waals surface area contributed by atoms with Crippen LogP contribution in [0.15, 0.2) is 42.5 Å². The smallest absolute Gasteiger partial charge is 0.266 e. The Morgan fingerprint density at radius 1 is 1.17 bits per heavy atom. The lowest BCUT2D eigenvalue weighted by Crippen LogP contribution is -2.47. The van der Waals surface area contributed by atoms with Crippen LogP contribution in [0.1, 0.15) is 18.1 Å². The fourth-order valence-electron chi connectivity index (χ4n) is 3.31. The SMILES string of the molecule is Cc1ccc2c(c1)[C@]1(S[C@@H](C)C(=O)N1c1ccc(I)cc1)C(=O)N2. The normalized spacial score (nSPS) is 25.3. The molecule has 0 aliphatic carbocycles. The Morgan fingerprint density at radius 3 is 2.58 bits per heavy atom. The van der Waals surface area contributed by atoms with E-state index in [1.165, 1.54) is 11.8 Å². The molecule has 0 bridgehead atoms. The van der Waals surface area contributed by atoms with Crippen molar-refractivity contribution in [2.24, 2.45) is 0 Å². The van der Waals surface area contributed by atoms with Gasteiger partial charge in [0.2, 0.25) is 10.8 Å². The summed E-state index contributed by atoms with van der Waals surface area (Å²) in [5.74, 6) is -0.185. The van der Waals surface area contributed by atoms with Gasteiger partial charge in [-0.3, -0.25) is 14.5 Å². The zero-order valence-electron chi connectivity index (χ0n) is 13.2. The van der Waals surface area contributed by atoms with E-state index in [0.717, 1.165) is 26.1 Å². The minimum atomic E-state index is -1.02. The monoisotopic (exact) mass is 450 g/mol. The van der Waals surface area contributed by atoms with Crippen molar-refractivity contribution in [2.75, 3.05) is 10.2 Å². The molecule has 4 rings (SSSR count). The third-order valence-electron chi connectivity index (χ3n) is 4.41. The van der Waals surface area contributed by atoms with E-state index in [1.807, 2.05) is 56.3 Å². The molecule has 2 amide bonds. The van der Waals surface area contributed by atoms with Crippen molar-refractivity contribution in [1.82, 2.24) is 0 Å². The number of fused-ring (bicyclic) bond motifs is 2. The maximum absolute atomic E-state index is 13.0. The topological polar surface area (TPSA) is 49.4 Å². The Kier molecular flexibility index (Phi) is 3.65. The van der Waals surface area contributed by atoms with E-state index in [2.05, 4.69) is 27.9 Å². The number of hydrogen-bond acceptors (Lipinski definition) is 3. The molecule has 0 saturated carbocycles. The standard InChI is InChI=1S/C18H15IN2O2S/c1-10-3-8-15-14(9-10)18(17(23)20-15)21(16(22)11(2)24-18)13-6-4-12(19)5-7-13/h3-9,11H,1-2H3,(H,20,23)/t11-,18-/m0/s1. The first-order valence-electron chi connectivity index (χ1n) is 7.63. The Balaban J connectivity index is 1.95. The number of nitrogens with zero attached hydrogens (tertiary/aromatic N) is 1. The second-order valence-corrected chi connectivity index (χ2v) is 8.84. The first kappa shape index (κ1) is 16.0. The van der Waals surface area contributed by atoms with Crippen molar-refractivity contribution in [2.45, 2.75) is 24.0 Å². The number of carbonyl (C=O) groups is 2. The number of thioether (sulfide) groups is 1. The molecular formula is C18H15IN2O2S. The van der Waals surface area contributed by atoms with Gasteiger partial charge in [0, 0.05) is 20.5 Å². The minimum absolute atomic E-state index is 0.0364. The summed E-state index contributed by atoms with van der Waals surface area (Å²) in [6.45, 7) is 3.86. The number of rotatable bonds is 1. The van der Waals surface area contributed by atoms with E-state index < -0.39 is 4.87 Å². The van der Waals surface area contributed by atoms with Crippen molar-refractivity contribution in [3.8, 4) is 0 Å². The Hall–Kier alpha value is -1.54. The van der Waals surface area contributed by atoms with Gasteiger partial charge in [-0.1, -0.05) is 17.7 Å². The number of aryl methyl sites for hydroxylation is 1. The van der Waals surface area contributed by atoms with Crippen LogP contribution in [-0.4, -0.2) is 17.1 Å². The largest absolute Gasteiger partial charge is 0.323 e. The van der Waals surface area contributed by atoms with Gasteiger partial charge in [-0.05, 0) is 66.8 Å². The van der Waals surface area contributed by atoms with Crippen molar-refractivity contribution >= 4 is 57.5 Å². The predicted octanol–water partition coefficient (Wildman–Crippen LogP) is 3.87. The Labute approximate surface area is 158 Å². The number of amides is 2. The predicted molar refractivity (Wildman–Crippen MR) is 105 cm³/mol. The van der Waals surface area contributed by atoms with Gasteiger partial charge in [0.05, 0.1) is 5.25 Å². The second kappa shape index (κ2) is 5.49. The van der Waals surface area contributed by atoms with Crippen LogP contribution in [0, 0.1) is 10.5 Å². The molecule has 2 aromatic carbocycles.